The van der Waals surface area contributed by atoms with Crippen molar-refractivity contribution in [3.63, 3.8) is 0 Å². The van der Waals surface area contributed by atoms with Gasteiger partial charge in [0.2, 0.25) is 5.91 Å². The molecule has 0 bridgehead atoms. The standard InChI is InChI=1S/C22H30N4O3/c1-17(2)29-20-9-7-18(8-10-20)25-22(23-12-11-19-6-5-15-28-19)24-16-21(27)26-13-3-4-14-26/h5-10,15,17H,3-4,11-14,16H2,1-2H3,(H2,23,24,25). The number of aliphatic imine (C=N–C) groups is 1. The van der Waals surface area contributed by atoms with E-state index in [2.05, 4.69) is 15.6 Å². The second kappa shape index (κ2) is 10.5. The summed E-state index contributed by atoms with van der Waals surface area (Å²) >= 11 is 0. The van der Waals surface area contributed by atoms with Crippen LogP contribution >= 0.6 is 0 Å². The second-order valence-electron chi connectivity index (χ2n) is 7.32. The van der Waals surface area contributed by atoms with E-state index in [9.17, 15) is 4.79 Å². The molecule has 1 aliphatic heterocycles. The minimum absolute atomic E-state index is 0.0651. The van der Waals surface area contributed by atoms with Crippen LogP contribution in [0.15, 0.2) is 52.1 Å². The highest BCUT2D eigenvalue weighted by molar-refractivity contribution is 5.95. The van der Waals surface area contributed by atoms with E-state index in [-0.39, 0.29) is 18.6 Å². The van der Waals surface area contributed by atoms with E-state index >= 15 is 0 Å². The Balaban J connectivity index is 1.60. The van der Waals surface area contributed by atoms with Crippen molar-refractivity contribution in [2.24, 2.45) is 4.99 Å². The highest BCUT2D eigenvalue weighted by Gasteiger charge is 2.17. The Labute approximate surface area is 172 Å². The topological polar surface area (TPSA) is 79.1 Å². The monoisotopic (exact) mass is 398 g/mol. The van der Waals surface area contributed by atoms with Gasteiger partial charge in [-0.15, -0.1) is 0 Å². The van der Waals surface area contributed by atoms with Crippen molar-refractivity contribution in [3.8, 4) is 5.75 Å². The number of hydrogen-bond acceptors (Lipinski definition) is 4. The first-order valence-corrected chi connectivity index (χ1v) is 10.2. The summed E-state index contributed by atoms with van der Waals surface area (Å²) in [7, 11) is 0. The fourth-order valence-electron chi connectivity index (χ4n) is 3.14. The Morgan fingerprint density at radius 2 is 1.97 bits per heavy atom. The molecule has 2 N–H and O–H groups in total. The Hall–Kier alpha value is -2.96. The lowest BCUT2D eigenvalue weighted by Gasteiger charge is -2.16. The number of benzene rings is 1. The SMILES string of the molecule is CC(C)Oc1ccc(NC(=NCC(=O)N2CCCC2)NCCc2ccco2)cc1. The van der Waals surface area contributed by atoms with Gasteiger partial charge in [0.15, 0.2) is 5.96 Å². The second-order valence-corrected chi connectivity index (χ2v) is 7.32. The Morgan fingerprint density at radius 3 is 2.62 bits per heavy atom. The summed E-state index contributed by atoms with van der Waals surface area (Å²) in [6.07, 6.45) is 4.68. The highest BCUT2D eigenvalue weighted by Crippen LogP contribution is 2.17. The smallest absolute Gasteiger partial charge is 0.244 e. The number of likely N-dealkylation sites (tertiary alicyclic amines) is 1. The van der Waals surface area contributed by atoms with E-state index in [4.69, 9.17) is 9.15 Å². The van der Waals surface area contributed by atoms with E-state index in [1.807, 2.05) is 55.1 Å². The molecular weight excluding hydrogens is 368 g/mol. The van der Waals surface area contributed by atoms with Crippen molar-refractivity contribution in [1.29, 1.82) is 0 Å². The zero-order chi connectivity index (χ0) is 20.5. The summed E-state index contributed by atoms with van der Waals surface area (Å²) in [5.74, 6) is 2.36. The van der Waals surface area contributed by atoms with Crippen molar-refractivity contribution in [2.45, 2.75) is 39.2 Å². The number of ether oxygens (including phenoxy) is 1. The minimum atomic E-state index is 0.0651. The number of furan rings is 1. The molecule has 1 fully saturated rings. The number of carbonyl (C=O) groups excluding carboxylic acids is 1. The lowest BCUT2D eigenvalue weighted by atomic mass is 10.3. The molecule has 7 nitrogen and oxygen atoms in total. The maximum atomic E-state index is 12.3. The van der Waals surface area contributed by atoms with Gasteiger partial charge in [-0.2, -0.15) is 0 Å². The largest absolute Gasteiger partial charge is 0.491 e. The molecule has 0 saturated carbocycles. The lowest BCUT2D eigenvalue weighted by molar-refractivity contribution is -0.128. The zero-order valence-corrected chi connectivity index (χ0v) is 17.2. The first-order chi connectivity index (χ1) is 14.1. The van der Waals surface area contributed by atoms with Crippen molar-refractivity contribution >= 4 is 17.6 Å². The number of rotatable bonds is 8. The zero-order valence-electron chi connectivity index (χ0n) is 17.2. The molecule has 1 amide bonds. The van der Waals surface area contributed by atoms with Crippen LogP contribution in [0.2, 0.25) is 0 Å². The molecule has 0 unspecified atom stereocenters. The fourth-order valence-corrected chi connectivity index (χ4v) is 3.14. The summed E-state index contributed by atoms with van der Waals surface area (Å²) in [6.45, 7) is 6.44. The summed E-state index contributed by atoms with van der Waals surface area (Å²) in [5.41, 5.74) is 0.874. The lowest BCUT2D eigenvalue weighted by Crippen LogP contribution is -2.35. The molecule has 1 aliphatic rings. The van der Waals surface area contributed by atoms with Crippen LogP contribution in [0.3, 0.4) is 0 Å². The van der Waals surface area contributed by atoms with Crippen molar-refractivity contribution < 1.29 is 13.9 Å². The third-order valence-corrected chi connectivity index (χ3v) is 4.56. The Morgan fingerprint density at radius 1 is 1.21 bits per heavy atom. The van der Waals surface area contributed by atoms with Gasteiger partial charge >= 0.3 is 0 Å². The number of amides is 1. The van der Waals surface area contributed by atoms with Gasteiger partial charge in [0.05, 0.1) is 12.4 Å². The van der Waals surface area contributed by atoms with Crippen LogP contribution in [-0.2, 0) is 11.2 Å². The molecule has 156 valence electrons. The van der Waals surface area contributed by atoms with Gasteiger partial charge in [0.25, 0.3) is 0 Å². The average molecular weight is 399 g/mol. The van der Waals surface area contributed by atoms with Crippen LogP contribution in [0.1, 0.15) is 32.4 Å². The number of guanidine groups is 1. The van der Waals surface area contributed by atoms with E-state index in [0.717, 1.165) is 49.5 Å². The minimum Gasteiger partial charge on any atom is -0.491 e. The molecule has 1 aromatic carbocycles. The van der Waals surface area contributed by atoms with Crippen molar-refractivity contribution in [1.82, 2.24) is 10.2 Å². The summed E-state index contributed by atoms with van der Waals surface area (Å²) < 4.78 is 11.1. The molecule has 0 spiro atoms. The number of carbonyl (C=O) groups is 1. The van der Waals surface area contributed by atoms with Crippen LogP contribution in [-0.4, -0.2) is 49.0 Å². The van der Waals surface area contributed by atoms with Crippen LogP contribution in [0.25, 0.3) is 0 Å². The number of nitrogens with one attached hydrogen (secondary N) is 2. The number of anilines is 1. The Bertz CT molecular complexity index is 779. The van der Waals surface area contributed by atoms with E-state index in [1.54, 1.807) is 6.26 Å². The first-order valence-electron chi connectivity index (χ1n) is 10.2. The molecule has 3 rings (SSSR count). The van der Waals surface area contributed by atoms with Crippen LogP contribution < -0.4 is 15.4 Å². The summed E-state index contributed by atoms with van der Waals surface area (Å²) in [6, 6.07) is 11.5. The molecule has 1 aromatic heterocycles. The first kappa shape index (κ1) is 20.8. The molecule has 0 aliphatic carbocycles. The van der Waals surface area contributed by atoms with Gasteiger partial charge in [-0.25, -0.2) is 4.99 Å². The predicted molar refractivity (Wildman–Crippen MR) is 114 cm³/mol. The normalized spacial score (nSPS) is 14.3. The average Bonchev–Trinajstić information content (AvgIpc) is 3.41. The van der Waals surface area contributed by atoms with Crippen LogP contribution in [0.4, 0.5) is 5.69 Å². The van der Waals surface area contributed by atoms with E-state index in [0.29, 0.717) is 12.5 Å². The maximum absolute atomic E-state index is 12.3. The van der Waals surface area contributed by atoms with Gasteiger partial charge in [-0.1, -0.05) is 0 Å². The van der Waals surface area contributed by atoms with Crippen LogP contribution in [0.5, 0.6) is 5.75 Å². The van der Waals surface area contributed by atoms with Gasteiger partial charge in [0, 0.05) is 31.7 Å². The van der Waals surface area contributed by atoms with Crippen molar-refractivity contribution in [3.05, 3.63) is 48.4 Å². The molecule has 0 radical (unpaired) electrons. The quantitative estimate of drug-likeness (QED) is 0.527. The van der Waals surface area contributed by atoms with E-state index in [1.165, 1.54) is 0 Å². The number of hydrogen-bond donors (Lipinski definition) is 2. The van der Waals surface area contributed by atoms with E-state index < -0.39 is 0 Å². The molecule has 2 heterocycles. The molecule has 29 heavy (non-hydrogen) atoms. The van der Waals surface area contributed by atoms with Gasteiger partial charge < -0.3 is 24.7 Å². The van der Waals surface area contributed by atoms with Gasteiger partial charge in [0.1, 0.15) is 18.1 Å². The van der Waals surface area contributed by atoms with Crippen LogP contribution in [0, 0.1) is 0 Å². The molecule has 1 saturated heterocycles. The fraction of sp³-hybridized carbons (Fsp3) is 0.455. The third-order valence-electron chi connectivity index (χ3n) is 4.56. The maximum Gasteiger partial charge on any atom is 0.244 e. The summed E-state index contributed by atoms with van der Waals surface area (Å²) in [5, 5.41) is 6.54. The number of nitrogens with zero attached hydrogens (tertiary/aromatic N) is 2. The molecule has 7 heteroatoms. The molecular formula is C22H30N4O3. The van der Waals surface area contributed by atoms with Crippen molar-refractivity contribution in [2.75, 3.05) is 31.5 Å². The van der Waals surface area contributed by atoms with Gasteiger partial charge in [-0.05, 0) is 63.1 Å². The van der Waals surface area contributed by atoms with Gasteiger partial charge in [-0.3, -0.25) is 4.79 Å². The highest BCUT2D eigenvalue weighted by atomic mass is 16.5. The summed E-state index contributed by atoms with van der Waals surface area (Å²) in [4.78, 5) is 18.7. The third kappa shape index (κ3) is 6.85. The molecule has 0 atom stereocenters. The molecule has 2 aromatic rings. The predicted octanol–water partition coefficient (Wildman–Crippen LogP) is 3.29. The Kier molecular flexibility index (Phi) is 7.55.